The van der Waals surface area contributed by atoms with Gasteiger partial charge >= 0.3 is 5.97 Å². The van der Waals surface area contributed by atoms with Crippen molar-refractivity contribution in [1.29, 1.82) is 0 Å². The van der Waals surface area contributed by atoms with Crippen molar-refractivity contribution < 1.29 is 29.7 Å². The van der Waals surface area contributed by atoms with Gasteiger partial charge in [0.15, 0.2) is 11.5 Å². The van der Waals surface area contributed by atoms with Crippen LogP contribution in [0.3, 0.4) is 0 Å². The second-order valence-electron chi connectivity index (χ2n) is 11.1. The highest BCUT2D eigenvalue weighted by molar-refractivity contribution is 14.1. The number of halogens is 1. The number of carbonyl (C=O) groups excluding carboxylic acids is 2. The number of hydrogen-bond acceptors (Lipinski definition) is 6. The third-order valence-corrected chi connectivity index (χ3v) is 10.5. The lowest BCUT2D eigenvalue weighted by Crippen LogP contribution is -2.55. The SMILES string of the molecule is C=C1C[C@]23C=C(Sc4ccc(I)cc4)C(=O)[C@@](C)(CCC(=O)Nc4c(O)ccc(C(=O)O)c4O)[C@@H]2C[C@@H]1CC3. The van der Waals surface area contributed by atoms with Gasteiger partial charge in [0.05, 0.1) is 4.91 Å². The molecule has 0 aromatic heterocycles. The van der Waals surface area contributed by atoms with Crippen molar-refractivity contribution >= 4 is 57.7 Å². The standard InChI is InChI=1S/C30H30INO6S/c1-16-14-30-12-9-17(16)13-23(30)29(2,27(36)22(15-30)39-19-5-3-18(31)4-6-19)11-10-24(34)32-25-21(33)8-7-20(26(25)35)28(37)38/h3-8,15,17,23,33,35H,1,9-14H2,2H3,(H,32,34)(H,37,38)/t17-,23-,29-,30+/m0/s1. The van der Waals surface area contributed by atoms with Crippen LogP contribution in [0.4, 0.5) is 5.69 Å². The molecule has 3 fully saturated rings. The zero-order valence-electron chi connectivity index (χ0n) is 21.5. The van der Waals surface area contributed by atoms with E-state index < -0.39 is 34.4 Å². The zero-order chi connectivity index (χ0) is 28.1. The molecule has 3 saturated carbocycles. The summed E-state index contributed by atoms with van der Waals surface area (Å²) in [6.07, 6.45) is 6.19. The number of allylic oxidation sites excluding steroid dienone is 3. The largest absolute Gasteiger partial charge is 0.506 e. The molecule has 1 amide bonds. The van der Waals surface area contributed by atoms with Crippen molar-refractivity contribution in [2.75, 3.05) is 5.32 Å². The number of thioether (sulfide) groups is 1. The predicted octanol–water partition coefficient (Wildman–Crippen LogP) is 6.75. The summed E-state index contributed by atoms with van der Waals surface area (Å²) in [7, 11) is 0. The average molecular weight is 660 g/mol. The number of benzene rings is 2. The molecule has 2 bridgehead atoms. The van der Waals surface area contributed by atoms with Crippen molar-refractivity contribution in [3.05, 3.63) is 68.7 Å². The number of hydrogen-bond donors (Lipinski definition) is 4. The number of amides is 1. The number of nitrogens with one attached hydrogen (secondary N) is 1. The Morgan fingerprint density at radius 3 is 2.56 bits per heavy atom. The molecule has 9 heteroatoms. The highest BCUT2D eigenvalue weighted by atomic mass is 127. The van der Waals surface area contributed by atoms with Crippen LogP contribution in [-0.2, 0) is 9.59 Å². The van der Waals surface area contributed by atoms with Gasteiger partial charge < -0.3 is 20.6 Å². The first-order valence-electron chi connectivity index (χ1n) is 12.9. The molecule has 1 spiro atoms. The molecule has 204 valence electrons. The summed E-state index contributed by atoms with van der Waals surface area (Å²) in [5.74, 6) is -2.56. The van der Waals surface area contributed by atoms with Crippen molar-refractivity contribution in [2.24, 2.45) is 22.7 Å². The highest BCUT2D eigenvalue weighted by Crippen LogP contribution is 2.66. The van der Waals surface area contributed by atoms with E-state index in [4.69, 9.17) is 0 Å². The smallest absolute Gasteiger partial charge is 0.339 e. The molecular formula is C30H30INO6S. The maximum atomic E-state index is 14.1. The Bertz CT molecular complexity index is 1420. The van der Waals surface area contributed by atoms with Crippen molar-refractivity contribution in [2.45, 2.75) is 50.3 Å². The Balaban J connectivity index is 1.42. The summed E-state index contributed by atoms with van der Waals surface area (Å²) in [5, 5.41) is 32.2. The van der Waals surface area contributed by atoms with Crippen LogP contribution in [0.25, 0.3) is 0 Å². The van der Waals surface area contributed by atoms with Crippen LogP contribution < -0.4 is 5.32 Å². The molecule has 4 atom stereocenters. The monoisotopic (exact) mass is 659 g/mol. The van der Waals surface area contributed by atoms with E-state index >= 15 is 0 Å². The number of phenolic OH excluding ortho intramolecular Hbond substituents is 1. The first kappa shape index (κ1) is 27.8. The summed E-state index contributed by atoms with van der Waals surface area (Å²) in [4.78, 5) is 40.2. The van der Waals surface area contributed by atoms with Gasteiger partial charge in [0.2, 0.25) is 5.91 Å². The van der Waals surface area contributed by atoms with Crippen molar-refractivity contribution in [3.63, 3.8) is 0 Å². The number of aromatic hydroxyl groups is 2. The van der Waals surface area contributed by atoms with E-state index in [1.807, 2.05) is 31.2 Å². The van der Waals surface area contributed by atoms with Crippen LogP contribution in [0.15, 0.2) is 64.4 Å². The van der Waals surface area contributed by atoms with E-state index in [1.165, 1.54) is 17.3 Å². The fraction of sp³-hybridized carbons (Fsp3) is 0.367. The van der Waals surface area contributed by atoms with Crippen LogP contribution in [-0.4, -0.2) is 33.0 Å². The molecule has 4 aliphatic rings. The minimum absolute atomic E-state index is 0.0297. The molecular weight excluding hydrogens is 629 g/mol. The molecule has 4 aliphatic carbocycles. The summed E-state index contributed by atoms with van der Waals surface area (Å²) in [6.45, 7) is 6.32. The maximum Gasteiger partial charge on any atom is 0.339 e. The lowest BCUT2D eigenvalue weighted by atomic mass is 9.44. The van der Waals surface area contributed by atoms with Crippen LogP contribution in [0, 0.1) is 26.2 Å². The molecule has 7 nitrogen and oxygen atoms in total. The summed E-state index contributed by atoms with van der Waals surface area (Å²) >= 11 is 3.73. The number of Topliss-reactive ketones (excluding diaryl/α,β-unsaturated/α-hetero) is 1. The summed E-state index contributed by atoms with van der Waals surface area (Å²) in [5.41, 5.74) is -0.502. The lowest BCUT2D eigenvalue weighted by molar-refractivity contribution is -0.136. The number of carboxylic acids is 1. The maximum absolute atomic E-state index is 14.1. The Labute approximate surface area is 244 Å². The number of ketones is 1. The Kier molecular flexibility index (Phi) is 7.34. The van der Waals surface area contributed by atoms with Gasteiger partial charge in [-0.3, -0.25) is 9.59 Å². The Morgan fingerprint density at radius 1 is 1.18 bits per heavy atom. The number of anilines is 1. The third-order valence-electron chi connectivity index (χ3n) is 8.80. The second kappa shape index (κ2) is 10.3. The van der Waals surface area contributed by atoms with Crippen molar-refractivity contribution in [1.82, 2.24) is 0 Å². The average Bonchev–Trinajstić information content (AvgIpc) is 2.89. The molecule has 6 rings (SSSR count). The zero-order valence-corrected chi connectivity index (χ0v) is 24.5. The Morgan fingerprint density at radius 2 is 1.90 bits per heavy atom. The summed E-state index contributed by atoms with van der Waals surface area (Å²) in [6, 6.07) is 10.2. The molecule has 4 N–H and O–H groups in total. The van der Waals surface area contributed by atoms with Gasteiger partial charge in [0.25, 0.3) is 0 Å². The molecule has 2 aromatic rings. The number of rotatable bonds is 7. The van der Waals surface area contributed by atoms with E-state index in [-0.39, 0.29) is 35.6 Å². The van der Waals surface area contributed by atoms with Gasteiger partial charge in [0, 0.05) is 20.3 Å². The van der Waals surface area contributed by atoms with Crippen LogP contribution >= 0.6 is 34.4 Å². The number of aromatic carboxylic acids is 1. The minimum Gasteiger partial charge on any atom is -0.506 e. The number of fused-ring (bicyclic) bond motifs is 2. The molecule has 39 heavy (non-hydrogen) atoms. The number of carboxylic acid groups (broad SMARTS) is 1. The molecule has 0 saturated heterocycles. The number of phenols is 2. The Hall–Kier alpha value is -2.79. The van der Waals surface area contributed by atoms with E-state index in [1.54, 1.807) is 0 Å². The van der Waals surface area contributed by atoms with Gasteiger partial charge in [-0.15, -0.1) is 0 Å². The molecule has 0 heterocycles. The fourth-order valence-electron chi connectivity index (χ4n) is 6.73. The topological polar surface area (TPSA) is 124 Å². The third kappa shape index (κ3) is 4.99. The fourth-order valence-corrected chi connectivity index (χ4v) is 8.24. The first-order valence-corrected chi connectivity index (χ1v) is 14.8. The second-order valence-corrected chi connectivity index (χ2v) is 13.5. The molecule has 0 unspecified atom stereocenters. The lowest BCUT2D eigenvalue weighted by Gasteiger charge is -2.59. The summed E-state index contributed by atoms with van der Waals surface area (Å²) < 4.78 is 1.11. The van der Waals surface area contributed by atoms with E-state index in [0.29, 0.717) is 10.8 Å². The van der Waals surface area contributed by atoms with Crippen LogP contribution in [0.1, 0.15) is 55.8 Å². The minimum atomic E-state index is -1.38. The van der Waals surface area contributed by atoms with E-state index in [0.717, 1.165) is 46.3 Å². The van der Waals surface area contributed by atoms with E-state index in [9.17, 15) is 29.7 Å². The highest BCUT2D eigenvalue weighted by Gasteiger charge is 2.60. The van der Waals surface area contributed by atoms with Gasteiger partial charge in [-0.25, -0.2) is 4.79 Å². The normalized spacial score (nSPS) is 27.6. The molecule has 0 aliphatic heterocycles. The molecule has 2 aromatic carbocycles. The van der Waals surface area contributed by atoms with Gasteiger partial charge in [0.1, 0.15) is 17.0 Å². The van der Waals surface area contributed by atoms with Crippen molar-refractivity contribution in [3.8, 4) is 11.5 Å². The van der Waals surface area contributed by atoms with Gasteiger partial charge in [-0.05, 0) is 108 Å². The quantitative estimate of drug-likeness (QED) is 0.147. The number of carbonyl (C=O) groups is 3. The van der Waals surface area contributed by atoms with Crippen LogP contribution in [0.5, 0.6) is 11.5 Å². The predicted molar refractivity (Wildman–Crippen MR) is 158 cm³/mol. The van der Waals surface area contributed by atoms with Gasteiger partial charge in [-0.1, -0.05) is 36.9 Å². The van der Waals surface area contributed by atoms with E-state index in [2.05, 4.69) is 40.6 Å². The molecule has 0 radical (unpaired) electrons. The van der Waals surface area contributed by atoms with Gasteiger partial charge in [-0.2, -0.15) is 0 Å². The first-order chi connectivity index (χ1) is 18.4. The van der Waals surface area contributed by atoms with Crippen LogP contribution in [0.2, 0.25) is 0 Å².